The van der Waals surface area contributed by atoms with E-state index in [1.54, 1.807) is 12.3 Å². The third kappa shape index (κ3) is 6.35. The molecular formula is C55H40N2O2S. The molecular weight excluding hydrogens is 753 g/mol. The molecule has 60 heavy (non-hydrogen) atoms. The average Bonchev–Trinajstić information content (AvgIpc) is 3.85. The van der Waals surface area contributed by atoms with Crippen LogP contribution in [0.5, 0.6) is 0 Å². The molecule has 288 valence electrons. The molecule has 0 bridgehead atoms. The van der Waals surface area contributed by atoms with E-state index in [9.17, 15) is 0 Å². The molecule has 9 aromatic rings. The summed E-state index contributed by atoms with van der Waals surface area (Å²) < 4.78 is 15.0. The van der Waals surface area contributed by atoms with Gasteiger partial charge in [-0.05, 0) is 138 Å². The Morgan fingerprint density at radius 3 is 2.35 bits per heavy atom. The van der Waals surface area contributed by atoms with Crippen LogP contribution in [0.15, 0.2) is 175 Å². The molecule has 1 aliphatic heterocycles. The van der Waals surface area contributed by atoms with Gasteiger partial charge in [-0.3, -0.25) is 0 Å². The molecule has 0 amide bonds. The molecule has 2 aliphatic rings. The molecule has 0 radical (unpaired) electrons. The minimum absolute atomic E-state index is 0.573. The van der Waals surface area contributed by atoms with Gasteiger partial charge in [-0.2, -0.15) is 0 Å². The third-order valence-electron chi connectivity index (χ3n) is 11.9. The highest BCUT2D eigenvalue weighted by atomic mass is 32.1. The monoisotopic (exact) mass is 792 g/mol. The lowest BCUT2D eigenvalue weighted by Gasteiger charge is -2.24. The highest BCUT2D eigenvalue weighted by molar-refractivity contribution is 7.25. The topological polar surface area (TPSA) is 38.0 Å². The Kier molecular flexibility index (Phi) is 8.90. The van der Waals surface area contributed by atoms with Crippen molar-refractivity contribution in [2.24, 2.45) is 4.99 Å². The quantitative estimate of drug-likeness (QED) is 0.161. The van der Waals surface area contributed by atoms with Crippen LogP contribution < -0.4 is 4.90 Å². The molecule has 0 fully saturated rings. The minimum Gasteiger partial charge on any atom is -0.456 e. The van der Waals surface area contributed by atoms with Gasteiger partial charge in [0.25, 0.3) is 0 Å². The number of rotatable bonds is 7. The molecule has 11 rings (SSSR count). The first-order valence-corrected chi connectivity index (χ1v) is 21.3. The molecule has 3 heterocycles. The molecule has 0 atom stereocenters. The van der Waals surface area contributed by atoms with Gasteiger partial charge in [0.15, 0.2) is 0 Å². The van der Waals surface area contributed by atoms with Gasteiger partial charge in [-0.25, -0.2) is 4.99 Å². The number of nitrogens with zero attached hydrogens (tertiary/aromatic N) is 2. The maximum absolute atomic E-state index is 6.24. The number of furan rings is 1. The van der Waals surface area contributed by atoms with E-state index in [-0.39, 0.29) is 0 Å². The van der Waals surface area contributed by atoms with Crippen LogP contribution in [-0.4, -0.2) is 5.90 Å². The van der Waals surface area contributed by atoms with E-state index in [2.05, 4.69) is 152 Å². The average molecular weight is 793 g/mol. The summed E-state index contributed by atoms with van der Waals surface area (Å²) in [5.74, 6) is 1.31. The number of fused-ring (bicyclic) bond motifs is 7. The van der Waals surface area contributed by atoms with Crippen LogP contribution in [0.25, 0.3) is 77.0 Å². The molecule has 0 N–H and O–H groups in total. The van der Waals surface area contributed by atoms with E-state index in [1.807, 2.05) is 35.6 Å². The second kappa shape index (κ2) is 14.9. The number of hydrogen-bond donors (Lipinski definition) is 0. The summed E-state index contributed by atoms with van der Waals surface area (Å²) in [6.07, 6.45) is 14.6. The SMILES string of the molecule is C=Cc1oc2ccccc2c1/C=C\N(c1ccc2sc3ccccc3c2c1)c1cc(-c2ccc3c(c2)/C=C\O/C(c2ccc4c(c2)CCCC4)=N\C3=C)cc2ccccc12. The number of aryl methyl sites for hydroxylation is 2. The minimum atomic E-state index is 0.573. The van der Waals surface area contributed by atoms with Crippen molar-refractivity contribution in [1.82, 2.24) is 0 Å². The van der Waals surface area contributed by atoms with Crippen LogP contribution in [0.2, 0.25) is 0 Å². The summed E-state index contributed by atoms with van der Waals surface area (Å²) in [5, 5.41) is 5.82. The summed E-state index contributed by atoms with van der Waals surface area (Å²) in [7, 11) is 0. The number of hydrogen-bond acceptors (Lipinski definition) is 5. The third-order valence-corrected chi connectivity index (χ3v) is 13.1. The maximum atomic E-state index is 6.24. The van der Waals surface area contributed by atoms with Gasteiger partial charge in [0.05, 0.1) is 17.6 Å². The molecule has 0 saturated carbocycles. The molecule has 5 heteroatoms. The summed E-state index contributed by atoms with van der Waals surface area (Å²) >= 11 is 1.83. The second-order valence-electron chi connectivity index (χ2n) is 15.5. The molecule has 7 aromatic carbocycles. The standard InChI is InChI=1S/C55H40N2O2S/c1-3-51-47(46-16-8-10-18-52(46)59-51)26-28-57(43-23-25-54-49(34-43)48-17-9-11-19-53(48)60-54)50-33-42(32-39-14-6-7-15-45(39)50)38-22-24-44-35(2)56-55(58-29-27-40(44)30-38)41-21-20-36-12-4-5-13-37(36)31-41/h3,6-11,14-34H,1-2,4-5,12-13H2/b28-26-,29-27-,56-55-. The zero-order valence-corrected chi connectivity index (χ0v) is 33.8. The van der Waals surface area contributed by atoms with Crippen molar-refractivity contribution < 1.29 is 9.15 Å². The highest BCUT2D eigenvalue weighted by Gasteiger charge is 2.19. The lowest BCUT2D eigenvalue weighted by atomic mass is 9.90. The Balaban J connectivity index is 1.04. The number of para-hydroxylation sites is 1. The first-order valence-electron chi connectivity index (χ1n) is 20.5. The van der Waals surface area contributed by atoms with E-state index in [0.717, 1.165) is 85.1 Å². The summed E-state index contributed by atoms with van der Waals surface area (Å²) in [5.41, 5.74) is 12.6. The lowest BCUT2D eigenvalue weighted by Crippen LogP contribution is -2.09. The lowest BCUT2D eigenvalue weighted by molar-refractivity contribution is 0.477. The van der Waals surface area contributed by atoms with E-state index in [1.165, 1.54) is 44.1 Å². The Morgan fingerprint density at radius 1 is 0.667 bits per heavy atom. The molecule has 0 unspecified atom stereocenters. The van der Waals surface area contributed by atoms with E-state index < -0.39 is 0 Å². The molecule has 4 nitrogen and oxygen atoms in total. The van der Waals surface area contributed by atoms with Crippen molar-refractivity contribution in [2.75, 3.05) is 4.90 Å². The van der Waals surface area contributed by atoms with Crippen molar-refractivity contribution in [1.29, 1.82) is 0 Å². The van der Waals surface area contributed by atoms with E-state index >= 15 is 0 Å². The van der Waals surface area contributed by atoms with Crippen molar-refractivity contribution in [3.05, 3.63) is 204 Å². The Bertz CT molecular complexity index is 3300. The van der Waals surface area contributed by atoms with E-state index in [4.69, 9.17) is 14.1 Å². The first kappa shape index (κ1) is 35.9. The second-order valence-corrected chi connectivity index (χ2v) is 16.6. The van der Waals surface area contributed by atoms with Crippen LogP contribution in [-0.2, 0) is 17.6 Å². The maximum Gasteiger partial charge on any atom is 0.226 e. The van der Waals surface area contributed by atoms with Crippen LogP contribution in [0, 0.1) is 0 Å². The van der Waals surface area contributed by atoms with Gasteiger partial charge in [-0.1, -0.05) is 92.0 Å². The summed E-state index contributed by atoms with van der Waals surface area (Å²) in [4.78, 5) is 7.25. The van der Waals surface area contributed by atoms with Gasteiger partial charge in [-0.15, -0.1) is 11.3 Å². The molecule has 0 saturated heterocycles. The number of aliphatic imine (C=N–C) groups is 1. The fourth-order valence-electron chi connectivity index (χ4n) is 8.91. The summed E-state index contributed by atoms with van der Waals surface area (Å²) in [6, 6.07) is 49.9. The normalized spacial score (nSPS) is 15.3. The molecule has 1 aliphatic carbocycles. The van der Waals surface area contributed by atoms with Gasteiger partial charge >= 0.3 is 0 Å². The van der Waals surface area contributed by atoms with Crippen molar-refractivity contribution >= 4 is 94.4 Å². The highest BCUT2D eigenvalue weighted by Crippen LogP contribution is 2.42. The first-order chi connectivity index (χ1) is 29.6. The van der Waals surface area contributed by atoms with Crippen LogP contribution in [0.4, 0.5) is 11.4 Å². The van der Waals surface area contributed by atoms with Gasteiger partial charge in [0, 0.05) is 59.5 Å². The van der Waals surface area contributed by atoms with Crippen LogP contribution in [0.1, 0.15) is 52.0 Å². The number of thiophene rings is 1. The number of benzene rings is 7. The largest absolute Gasteiger partial charge is 0.456 e. The predicted molar refractivity (Wildman–Crippen MR) is 255 cm³/mol. The van der Waals surface area contributed by atoms with Crippen molar-refractivity contribution in [2.45, 2.75) is 25.7 Å². The Morgan fingerprint density at radius 2 is 1.45 bits per heavy atom. The van der Waals surface area contributed by atoms with Gasteiger partial charge in [0.1, 0.15) is 11.3 Å². The van der Waals surface area contributed by atoms with Crippen LogP contribution >= 0.6 is 11.3 Å². The zero-order chi connectivity index (χ0) is 40.2. The van der Waals surface area contributed by atoms with Gasteiger partial charge in [0.2, 0.25) is 5.90 Å². The number of anilines is 2. The van der Waals surface area contributed by atoms with Crippen molar-refractivity contribution in [3.63, 3.8) is 0 Å². The molecule has 0 spiro atoms. The van der Waals surface area contributed by atoms with Crippen LogP contribution in [0.3, 0.4) is 0 Å². The summed E-state index contributed by atoms with van der Waals surface area (Å²) in [6.45, 7) is 8.50. The smallest absolute Gasteiger partial charge is 0.226 e. The zero-order valence-electron chi connectivity index (χ0n) is 33.0. The molecule has 2 aromatic heterocycles. The fraction of sp³-hybridized carbons (Fsp3) is 0.0727. The Hall–Kier alpha value is -7.21. The van der Waals surface area contributed by atoms with Crippen molar-refractivity contribution in [3.8, 4) is 11.1 Å². The predicted octanol–water partition coefficient (Wildman–Crippen LogP) is 15.4. The van der Waals surface area contributed by atoms with Gasteiger partial charge < -0.3 is 14.1 Å². The van der Waals surface area contributed by atoms with E-state index in [0.29, 0.717) is 11.6 Å². The fourth-order valence-corrected chi connectivity index (χ4v) is 9.99. The Labute approximate surface area is 353 Å². The number of ether oxygens (including phenoxy) is 1.